The number of likely N-dealkylation sites (N-methyl/N-ethyl adjacent to an activating group) is 1. The highest BCUT2D eigenvalue weighted by molar-refractivity contribution is 6.07. The molecule has 1 aromatic carbocycles. The smallest absolute Gasteiger partial charge is 0.257 e. The maximum absolute atomic E-state index is 12.7. The van der Waals surface area contributed by atoms with Crippen LogP contribution in [0, 0.1) is 5.92 Å². The van der Waals surface area contributed by atoms with E-state index in [1.54, 1.807) is 37.4 Å². The second kappa shape index (κ2) is 8.14. The van der Waals surface area contributed by atoms with Gasteiger partial charge in [-0.05, 0) is 49.1 Å². The van der Waals surface area contributed by atoms with E-state index in [0.29, 0.717) is 34.2 Å². The summed E-state index contributed by atoms with van der Waals surface area (Å²) in [5, 5.41) is 5.75. The van der Waals surface area contributed by atoms with Crippen molar-refractivity contribution in [3.63, 3.8) is 0 Å². The third-order valence-electron chi connectivity index (χ3n) is 5.61. The number of anilines is 3. The lowest BCUT2D eigenvalue weighted by Gasteiger charge is -2.31. The van der Waals surface area contributed by atoms with Gasteiger partial charge in [-0.3, -0.25) is 14.4 Å². The largest absolute Gasteiger partial charge is 0.359 e. The van der Waals surface area contributed by atoms with Crippen LogP contribution in [-0.4, -0.2) is 54.3 Å². The topological polar surface area (TPSA) is 94.6 Å². The Balaban J connectivity index is 1.44. The second-order valence-electron chi connectivity index (χ2n) is 7.93. The Labute approximate surface area is 175 Å². The average molecular weight is 407 g/mol. The van der Waals surface area contributed by atoms with E-state index in [1.165, 1.54) is 11.1 Å². The molecular weight excluding hydrogens is 382 g/mol. The van der Waals surface area contributed by atoms with E-state index in [2.05, 4.69) is 22.5 Å². The van der Waals surface area contributed by atoms with Crippen LogP contribution in [0.2, 0.25) is 0 Å². The molecule has 2 aromatic rings. The van der Waals surface area contributed by atoms with Crippen LogP contribution >= 0.6 is 0 Å². The highest BCUT2D eigenvalue weighted by atomic mass is 16.2. The standard InChI is InChI=1S/C22H25N5O3/c1-14-4-3-9-27(13-14)22(30)15-5-7-17(8-6-15)25-21(29)16-10-18-20(23-11-16)24-12-19(28)26(18)2/h5-8,10-11,14H,3-4,9,12-13H2,1-2H3,(H,23,24)(H,25,29). The fourth-order valence-electron chi connectivity index (χ4n) is 3.84. The summed E-state index contributed by atoms with van der Waals surface area (Å²) in [6, 6.07) is 8.55. The number of rotatable bonds is 3. The first kappa shape index (κ1) is 19.9. The van der Waals surface area contributed by atoms with Crippen molar-refractivity contribution in [1.82, 2.24) is 9.88 Å². The predicted octanol–water partition coefficient (Wildman–Crippen LogP) is 2.59. The van der Waals surface area contributed by atoms with E-state index in [1.807, 2.05) is 4.90 Å². The molecule has 1 aromatic heterocycles. The van der Waals surface area contributed by atoms with Gasteiger partial charge in [0.1, 0.15) is 5.82 Å². The molecule has 156 valence electrons. The van der Waals surface area contributed by atoms with E-state index in [9.17, 15) is 14.4 Å². The van der Waals surface area contributed by atoms with Gasteiger partial charge in [0, 0.05) is 37.6 Å². The van der Waals surface area contributed by atoms with Crippen LogP contribution in [0.3, 0.4) is 0 Å². The number of likely N-dealkylation sites (tertiary alicyclic amines) is 1. The zero-order chi connectivity index (χ0) is 21.3. The molecule has 0 saturated carbocycles. The van der Waals surface area contributed by atoms with E-state index in [0.717, 1.165) is 25.9 Å². The first-order chi connectivity index (χ1) is 14.4. The van der Waals surface area contributed by atoms with E-state index >= 15 is 0 Å². The number of hydrogen-bond acceptors (Lipinski definition) is 5. The van der Waals surface area contributed by atoms with Gasteiger partial charge in [-0.1, -0.05) is 6.92 Å². The highest BCUT2D eigenvalue weighted by Gasteiger charge is 2.24. The number of fused-ring (bicyclic) bond motifs is 1. The molecule has 1 atom stereocenters. The van der Waals surface area contributed by atoms with Crippen molar-refractivity contribution >= 4 is 34.9 Å². The van der Waals surface area contributed by atoms with Gasteiger partial charge in [0.15, 0.2) is 0 Å². The number of aromatic nitrogens is 1. The summed E-state index contributed by atoms with van der Waals surface area (Å²) >= 11 is 0. The van der Waals surface area contributed by atoms with Gasteiger partial charge in [0.25, 0.3) is 11.8 Å². The van der Waals surface area contributed by atoms with Crippen LogP contribution in [-0.2, 0) is 4.79 Å². The molecule has 30 heavy (non-hydrogen) atoms. The number of pyridine rings is 1. The lowest BCUT2D eigenvalue weighted by Crippen LogP contribution is -2.39. The first-order valence-corrected chi connectivity index (χ1v) is 10.1. The molecule has 0 spiro atoms. The van der Waals surface area contributed by atoms with Gasteiger partial charge >= 0.3 is 0 Å². The molecule has 1 saturated heterocycles. The fraction of sp³-hybridized carbons (Fsp3) is 0.364. The summed E-state index contributed by atoms with van der Waals surface area (Å²) in [5.74, 6) is 0.698. The lowest BCUT2D eigenvalue weighted by molar-refractivity contribution is -0.116. The monoisotopic (exact) mass is 407 g/mol. The Bertz CT molecular complexity index is 989. The minimum absolute atomic E-state index is 0.0264. The molecule has 2 aliphatic heterocycles. The van der Waals surface area contributed by atoms with Gasteiger partial charge in [-0.2, -0.15) is 0 Å². The van der Waals surface area contributed by atoms with Gasteiger partial charge in [0.05, 0.1) is 17.8 Å². The maximum Gasteiger partial charge on any atom is 0.257 e. The molecular formula is C22H25N5O3. The van der Waals surface area contributed by atoms with Crippen LogP contribution < -0.4 is 15.5 Å². The molecule has 8 heteroatoms. The van der Waals surface area contributed by atoms with E-state index in [-0.39, 0.29) is 24.3 Å². The first-order valence-electron chi connectivity index (χ1n) is 10.1. The molecule has 3 heterocycles. The number of carbonyl (C=O) groups excluding carboxylic acids is 3. The molecule has 8 nitrogen and oxygen atoms in total. The molecule has 1 unspecified atom stereocenters. The third-order valence-corrected chi connectivity index (χ3v) is 5.61. The number of nitrogens with one attached hydrogen (secondary N) is 2. The Morgan fingerprint density at radius 2 is 1.97 bits per heavy atom. The predicted molar refractivity (Wildman–Crippen MR) is 115 cm³/mol. The molecule has 2 aliphatic rings. The van der Waals surface area contributed by atoms with Gasteiger partial charge in [0.2, 0.25) is 5.91 Å². The number of benzene rings is 1. The lowest BCUT2D eigenvalue weighted by atomic mass is 9.99. The minimum atomic E-state index is -0.333. The van der Waals surface area contributed by atoms with Gasteiger partial charge in [-0.25, -0.2) is 4.98 Å². The van der Waals surface area contributed by atoms with E-state index in [4.69, 9.17) is 0 Å². The Morgan fingerprint density at radius 1 is 1.20 bits per heavy atom. The van der Waals surface area contributed by atoms with Crippen molar-refractivity contribution < 1.29 is 14.4 Å². The molecule has 2 N–H and O–H groups in total. The number of piperidine rings is 1. The van der Waals surface area contributed by atoms with Crippen molar-refractivity contribution in [3.8, 4) is 0 Å². The van der Waals surface area contributed by atoms with Crippen LogP contribution in [0.5, 0.6) is 0 Å². The van der Waals surface area contributed by atoms with Crippen molar-refractivity contribution in [2.24, 2.45) is 5.92 Å². The van der Waals surface area contributed by atoms with Gasteiger partial charge in [-0.15, -0.1) is 0 Å². The number of amides is 3. The van der Waals surface area contributed by atoms with Crippen molar-refractivity contribution in [3.05, 3.63) is 47.7 Å². The zero-order valence-electron chi connectivity index (χ0n) is 17.1. The summed E-state index contributed by atoms with van der Waals surface area (Å²) in [4.78, 5) is 44.8. The quantitative estimate of drug-likeness (QED) is 0.816. The van der Waals surface area contributed by atoms with Crippen molar-refractivity contribution in [2.75, 3.05) is 42.2 Å². The molecule has 0 bridgehead atoms. The summed E-state index contributed by atoms with van der Waals surface area (Å²) in [6.07, 6.45) is 3.67. The Morgan fingerprint density at radius 3 is 2.70 bits per heavy atom. The Hall–Kier alpha value is -3.42. The van der Waals surface area contributed by atoms with Crippen LogP contribution in [0.15, 0.2) is 36.5 Å². The summed E-state index contributed by atoms with van der Waals surface area (Å²) < 4.78 is 0. The SMILES string of the molecule is CC1CCCN(C(=O)c2ccc(NC(=O)c3cnc4c(c3)N(C)C(=O)CN4)cc2)C1. The fourth-order valence-corrected chi connectivity index (χ4v) is 3.84. The van der Waals surface area contributed by atoms with Crippen LogP contribution in [0.25, 0.3) is 0 Å². The normalized spacial score (nSPS) is 18.5. The molecule has 0 aliphatic carbocycles. The second-order valence-corrected chi connectivity index (χ2v) is 7.93. The maximum atomic E-state index is 12.7. The summed E-state index contributed by atoms with van der Waals surface area (Å²) in [7, 11) is 1.66. The number of carbonyl (C=O) groups is 3. The highest BCUT2D eigenvalue weighted by Crippen LogP contribution is 2.27. The molecule has 3 amide bonds. The van der Waals surface area contributed by atoms with Crippen LogP contribution in [0.1, 0.15) is 40.5 Å². The zero-order valence-corrected chi connectivity index (χ0v) is 17.1. The molecule has 1 fully saturated rings. The molecule has 4 rings (SSSR count). The number of nitrogens with zero attached hydrogens (tertiary/aromatic N) is 3. The van der Waals surface area contributed by atoms with Gasteiger partial charge < -0.3 is 20.4 Å². The molecule has 0 radical (unpaired) electrons. The Kier molecular flexibility index (Phi) is 5.39. The van der Waals surface area contributed by atoms with E-state index < -0.39 is 0 Å². The summed E-state index contributed by atoms with van der Waals surface area (Å²) in [6.45, 7) is 3.92. The van der Waals surface area contributed by atoms with Crippen molar-refractivity contribution in [1.29, 1.82) is 0 Å². The average Bonchev–Trinajstić information content (AvgIpc) is 2.76. The minimum Gasteiger partial charge on any atom is -0.359 e. The van der Waals surface area contributed by atoms with Crippen LogP contribution in [0.4, 0.5) is 17.2 Å². The van der Waals surface area contributed by atoms with Crippen molar-refractivity contribution in [2.45, 2.75) is 19.8 Å². The summed E-state index contributed by atoms with van der Waals surface area (Å²) in [5.41, 5.74) is 2.11. The number of hydrogen-bond donors (Lipinski definition) is 2. The third kappa shape index (κ3) is 3.98.